The molecule has 3 unspecified atom stereocenters. The molecule has 0 aromatic carbocycles. The quantitative estimate of drug-likeness (QED) is 0.124. The van der Waals surface area contributed by atoms with Crippen molar-refractivity contribution in [1.82, 2.24) is 4.90 Å². The van der Waals surface area contributed by atoms with Crippen molar-refractivity contribution in [2.45, 2.75) is 159 Å². The van der Waals surface area contributed by atoms with Gasteiger partial charge in [0, 0.05) is 11.8 Å². The van der Waals surface area contributed by atoms with Gasteiger partial charge in [-0.15, -0.1) is 0 Å². The summed E-state index contributed by atoms with van der Waals surface area (Å²) in [6.07, 6.45) is 15.8. The number of nitrogens with zero attached hydrogens (tertiary/aromatic N) is 1. The molecule has 0 aliphatic rings. The van der Waals surface area contributed by atoms with Gasteiger partial charge in [0.15, 0.2) is 0 Å². The first kappa shape index (κ1) is 40.6. The van der Waals surface area contributed by atoms with Crippen molar-refractivity contribution in [3.8, 4) is 0 Å². The van der Waals surface area contributed by atoms with Crippen LogP contribution in [0.5, 0.6) is 0 Å². The SMILES string of the molecule is C=O.CC.CCCCCCCC(C)CCCC(C)CCC(OC(=O)CCCN(C)C)C(C)(C)C(C)(C)C. The molecule has 0 N–H and O–H groups in total. The molecular formula is C33H69NO3. The van der Waals surface area contributed by atoms with E-state index in [2.05, 4.69) is 60.3 Å². The molecule has 37 heavy (non-hydrogen) atoms. The van der Waals surface area contributed by atoms with Gasteiger partial charge in [0.05, 0.1) is 0 Å². The lowest BCUT2D eigenvalue weighted by molar-refractivity contribution is -0.161. The standard InChI is InChI=1S/C30H61NO2.C2H6.CH2O/c1-11-12-13-14-15-18-25(2)19-16-20-26(3)22-23-27(30(7,8)29(4,5)6)33-28(32)21-17-24-31(9)10;2*1-2/h25-27H,11-24H2,1-10H3;1-2H3;1H2. The zero-order chi connectivity index (χ0) is 29.5. The van der Waals surface area contributed by atoms with E-state index in [9.17, 15) is 4.79 Å². The average molecular weight is 528 g/mol. The Hall–Kier alpha value is -0.900. The highest BCUT2D eigenvalue weighted by Gasteiger charge is 2.42. The minimum atomic E-state index is -0.0593. The molecule has 0 amide bonds. The molecule has 0 aliphatic carbocycles. The number of hydrogen-bond donors (Lipinski definition) is 0. The average Bonchev–Trinajstić information content (AvgIpc) is 2.83. The van der Waals surface area contributed by atoms with E-state index in [0.29, 0.717) is 12.3 Å². The van der Waals surface area contributed by atoms with Crippen LogP contribution in [0.15, 0.2) is 0 Å². The topological polar surface area (TPSA) is 46.6 Å². The van der Waals surface area contributed by atoms with Gasteiger partial charge in [-0.2, -0.15) is 0 Å². The highest BCUT2D eigenvalue weighted by Crippen LogP contribution is 2.44. The normalized spacial score (nSPS) is 14.1. The lowest BCUT2D eigenvalue weighted by Crippen LogP contribution is -2.43. The Labute approximate surface area is 234 Å². The Morgan fingerprint density at radius 1 is 0.757 bits per heavy atom. The van der Waals surface area contributed by atoms with Crippen LogP contribution in [0.2, 0.25) is 0 Å². The minimum Gasteiger partial charge on any atom is -0.462 e. The van der Waals surface area contributed by atoms with E-state index in [4.69, 9.17) is 9.53 Å². The lowest BCUT2D eigenvalue weighted by Gasteiger charge is -2.44. The highest BCUT2D eigenvalue weighted by atomic mass is 16.5. The van der Waals surface area contributed by atoms with Gasteiger partial charge in [-0.1, -0.05) is 127 Å². The number of unbranched alkanes of at least 4 members (excludes halogenated alkanes) is 4. The van der Waals surface area contributed by atoms with Crippen molar-refractivity contribution < 1.29 is 14.3 Å². The second-order valence-corrected chi connectivity index (χ2v) is 12.8. The van der Waals surface area contributed by atoms with Crippen molar-refractivity contribution in [3.05, 3.63) is 0 Å². The molecule has 0 spiro atoms. The second-order valence-electron chi connectivity index (χ2n) is 12.8. The minimum absolute atomic E-state index is 0.0196. The van der Waals surface area contributed by atoms with Crippen LogP contribution in [0.1, 0.15) is 153 Å². The molecule has 0 radical (unpaired) electrons. The summed E-state index contributed by atoms with van der Waals surface area (Å²) in [6.45, 7) is 25.4. The van der Waals surface area contributed by atoms with Gasteiger partial charge in [0.25, 0.3) is 0 Å². The van der Waals surface area contributed by atoms with Gasteiger partial charge in [0.2, 0.25) is 0 Å². The van der Waals surface area contributed by atoms with Gasteiger partial charge >= 0.3 is 5.97 Å². The maximum Gasteiger partial charge on any atom is 0.306 e. The molecule has 4 nitrogen and oxygen atoms in total. The number of esters is 1. The van der Waals surface area contributed by atoms with Crippen molar-refractivity contribution in [2.24, 2.45) is 22.7 Å². The molecule has 0 rings (SSSR count). The second kappa shape index (κ2) is 24.2. The van der Waals surface area contributed by atoms with Gasteiger partial charge in [0.1, 0.15) is 12.9 Å². The highest BCUT2D eigenvalue weighted by molar-refractivity contribution is 5.69. The van der Waals surface area contributed by atoms with E-state index in [1.54, 1.807) is 0 Å². The number of carbonyl (C=O) groups excluding carboxylic acids is 2. The fourth-order valence-electron chi connectivity index (χ4n) is 4.44. The summed E-state index contributed by atoms with van der Waals surface area (Å²) in [6, 6.07) is 0. The van der Waals surface area contributed by atoms with Gasteiger partial charge in [-0.3, -0.25) is 4.79 Å². The smallest absolute Gasteiger partial charge is 0.306 e. The summed E-state index contributed by atoms with van der Waals surface area (Å²) < 4.78 is 6.13. The fraction of sp³-hybridized carbons (Fsp3) is 0.939. The molecule has 0 saturated carbocycles. The molecule has 224 valence electrons. The largest absolute Gasteiger partial charge is 0.462 e. The molecule has 0 bridgehead atoms. The summed E-state index contributed by atoms with van der Waals surface area (Å²) in [5, 5.41) is 0. The molecule has 0 saturated heterocycles. The van der Waals surface area contributed by atoms with Crippen molar-refractivity contribution in [1.29, 1.82) is 0 Å². The maximum absolute atomic E-state index is 12.6. The van der Waals surface area contributed by atoms with Gasteiger partial charge in [-0.05, 0) is 57.2 Å². The molecule has 0 aromatic rings. The van der Waals surface area contributed by atoms with E-state index in [-0.39, 0.29) is 22.9 Å². The van der Waals surface area contributed by atoms with Crippen LogP contribution < -0.4 is 0 Å². The van der Waals surface area contributed by atoms with Crippen LogP contribution in [-0.4, -0.2) is 44.4 Å². The van der Waals surface area contributed by atoms with Crippen LogP contribution in [0.3, 0.4) is 0 Å². The Bertz CT molecular complexity index is 510. The summed E-state index contributed by atoms with van der Waals surface area (Å²) in [5.41, 5.74) is 0.0214. The molecular weight excluding hydrogens is 458 g/mol. The molecule has 0 heterocycles. The monoisotopic (exact) mass is 528 g/mol. The van der Waals surface area contributed by atoms with E-state index in [1.165, 1.54) is 57.8 Å². The van der Waals surface area contributed by atoms with Gasteiger partial charge < -0.3 is 14.4 Å². The number of hydrogen-bond acceptors (Lipinski definition) is 4. The summed E-state index contributed by atoms with van der Waals surface area (Å²) in [7, 11) is 4.10. The first-order valence-corrected chi connectivity index (χ1v) is 15.4. The van der Waals surface area contributed by atoms with Crippen LogP contribution in [0.25, 0.3) is 0 Å². The third-order valence-corrected chi connectivity index (χ3v) is 8.11. The number of carbonyl (C=O) groups is 2. The first-order valence-electron chi connectivity index (χ1n) is 15.4. The Balaban J connectivity index is -0.00000274. The van der Waals surface area contributed by atoms with Crippen molar-refractivity contribution in [2.75, 3.05) is 20.6 Å². The molecule has 0 fully saturated rings. The summed E-state index contributed by atoms with van der Waals surface area (Å²) in [5.74, 6) is 1.52. The molecule has 0 aromatic heterocycles. The van der Waals surface area contributed by atoms with E-state index in [0.717, 1.165) is 31.7 Å². The Morgan fingerprint density at radius 2 is 1.24 bits per heavy atom. The third kappa shape index (κ3) is 21.7. The van der Waals surface area contributed by atoms with E-state index in [1.807, 2.05) is 34.7 Å². The Morgan fingerprint density at radius 3 is 1.73 bits per heavy atom. The Kier molecular flexibility index (Phi) is 26.5. The zero-order valence-electron chi connectivity index (χ0n) is 27.5. The number of rotatable bonds is 19. The molecule has 0 aliphatic heterocycles. The number of ether oxygens (including phenoxy) is 1. The van der Waals surface area contributed by atoms with Gasteiger partial charge in [-0.25, -0.2) is 0 Å². The van der Waals surface area contributed by atoms with Crippen LogP contribution in [-0.2, 0) is 14.3 Å². The first-order chi connectivity index (χ1) is 17.3. The lowest BCUT2D eigenvalue weighted by atomic mass is 9.64. The third-order valence-electron chi connectivity index (χ3n) is 8.11. The predicted octanol–water partition coefficient (Wildman–Crippen LogP) is 9.74. The predicted molar refractivity (Wildman–Crippen MR) is 164 cm³/mol. The zero-order valence-corrected chi connectivity index (χ0v) is 27.5. The van der Waals surface area contributed by atoms with Crippen molar-refractivity contribution >= 4 is 12.8 Å². The van der Waals surface area contributed by atoms with E-state index >= 15 is 0 Å². The summed E-state index contributed by atoms with van der Waals surface area (Å²) in [4.78, 5) is 22.7. The van der Waals surface area contributed by atoms with E-state index < -0.39 is 0 Å². The summed E-state index contributed by atoms with van der Waals surface area (Å²) >= 11 is 0. The van der Waals surface area contributed by atoms with Crippen LogP contribution in [0.4, 0.5) is 0 Å². The fourth-order valence-corrected chi connectivity index (χ4v) is 4.44. The maximum atomic E-state index is 12.6. The molecule has 4 heteroatoms. The van der Waals surface area contributed by atoms with Crippen LogP contribution >= 0.6 is 0 Å². The van der Waals surface area contributed by atoms with Crippen molar-refractivity contribution in [3.63, 3.8) is 0 Å². The van der Waals surface area contributed by atoms with Crippen LogP contribution in [0, 0.1) is 22.7 Å². The molecule has 3 atom stereocenters.